The van der Waals surface area contributed by atoms with Crippen LogP contribution >= 0.6 is 0 Å². The Morgan fingerprint density at radius 1 is 1.16 bits per heavy atom. The van der Waals surface area contributed by atoms with E-state index in [0.717, 1.165) is 25.3 Å². The molecule has 0 heterocycles. The molecule has 0 radical (unpaired) electrons. The van der Waals surface area contributed by atoms with Gasteiger partial charge in [-0.3, -0.25) is 0 Å². The van der Waals surface area contributed by atoms with Gasteiger partial charge in [-0.15, -0.1) is 0 Å². The van der Waals surface area contributed by atoms with E-state index in [1.165, 1.54) is 36.8 Å². The summed E-state index contributed by atoms with van der Waals surface area (Å²) in [6.07, 6.45) is 7.22. The van der Waals surface area contributed by atoms with Crippen molar-refractivity contribution < 1.29 is 5.11 Å². The zero-order chi connectivity index (χ0) is 13.5. The summed E-state index contributed by atoms with van der Waals surface area (Å²) in [6.45, 7) is 3.74. The molecule has 1 fully saturated rings. The molecule has 0 spiro atoms. The van der Waals surface area contributed by atoms with Gasteiger partial charge in [0, 0.05) is 13.1 Å². The fourth-order valence-electron chi connectivity index (χ4n) is 2.99. The first-order chi connectivity index (χ1) is 9.28. The second kappa shape index (κ2) is 7.66. The molecule has 0 bridgehead atoms. The lowest BCUT2D eigenvalue weighted by molar-refractivity contribution is 0.140. The first kappa shape index (κ1) is 14.5. The van der Waals surface area contributed by atoms with Crippen LogP contribution in [0.25, 0.3) is 0 Å². The van der Waals surface area contributed by atoms with Crippen molar-refractivity contribution in [1.29, 1.82) is 0 Å². The summed E-state index contributed by atoms with van der Waals surface area (Å²) in [5.74, 6) is 0.764. The lowest BCUT2D eigenvalue weighted by atomic mass is 10.00. The summed E-state index contributed by atoms with van der Waals surface area (Å²) in [5.41, 5.74) is 2.68. The van der Waals surface area contributed by atoms with Crippen LogP contribution in [0.15, 0.2) is 24.3 Å². The Balaban J connectivity index is 1.64. The van der Waals surface area contributed by atoms with Crippen molar-refractivity contribution in [1.82, 2.24) is 5.32 Å². The van der Waals surface area contributed by atoms with Crippen molar-refractivity contribution in [3.8, 4) is 0 Å². The smallest absolute Gasteiger partial charge is 0.0667 e. The minimum atomic E-state index is -0.182. The lowest BCUT2D eigenvalue weighted by Crippen LogP contribution is -2.27. The monoisotopic (exact) mass is 261 g/mol. The third-order valence-corrected chi connectivity index (χ3v) is 4.22. The number of aliphatic hydroxyl groups excluding tert-OH is 1. The summed E-state index contributed by atoms with van der Waals surface area (Å²) in [4.78, 5) is 0. The average molecular weight is 261 g/mol. The van der Waals surface area contributed by atoms with Gasteiger partial charge in [-0.2, -0.15) is 0 Å². The van der Waals surface area contributed by atoms with Crippen molar-refractivity contribution in [3.63, 3.8) is 0 Å². The quantitative estimate of drug-likeness (QED) is 0.789. The second-order valence-electron chi connectivity index (χ2n) is 5.84. The van der Waals surface area contributed by atoms with Crippen LogP contribution in [0.1, 0.15) is 50.2 Å². The zero-order valence-electron chi connectivity index (χ0n) is 12.1. The van der Waals surface area contributed by atoms with Gasteiger partial charge in [0.2, 0.25) is 0 Å². The molecule has 106 valence electrons. The Morgan fingerprint density at radius 2 is 1.79 bits per heavy atom. The van der Waals surface area contributed by atoms with E-state index in [2.05, 4.69) is 36.5 Å². The SMILES string of the molecule is CCc1ccc(CNCC(O)CC2CCCC2)cc1. The van der Waals surface area contributed by atoms with E-state index in [-0.39, 0.29) is 6.10 Å². The van der Waals surface area contributed by atoms with Crippen LogP contribution in [0.2, 0.25) is 0 Å². The molecular weight excluding hydrogens is 234 g/mol. The minimum absolute atomic E-state index is 0.182. The molecule has 2 rings (SSSR count). The van der Waals surface area contributed by atoms with Gasteiger partial charge in [-0.25, -0.2) is 0 Å². The summed E-state index contributed by atoms with van der Waals surface area (Å²) in [5, 5.41) is 13.4. The highest BCUT2D eigenvalue weighted by molar-refractivity contribution is 5.22. The third-order valence-electron chi connectivity index (χ3n) is 4.22. The van der Waals surface area contributed by atoms with Crippen LogP contribution < -0.4 is 5.32 Å². The Labute approximate surface area is 117 Å². The van der Waals surface area contributed by atoms with Crippen molar-refractivity contribution >= 4 is 0 Å². The maximum atomic E-state index is 10.0. The van der Waals surface area contributed by atoms with E-state index in [4.69, 9.17) is 0 Å². The molecule has 2 nitrogen and oxygen atoms in total. The summed E-state index contributed by atoms with van der Waals surface area (Å²) in [6, 6.07) is 8.72. The number of nitrogens with one attached hydrogen (secondary N) is 1. The standard InChI is InChI=1S/C17H27NO/c1-2-14-7-9-16(10-8-14)12-18-13-17(19)11-15-5-3-4-6-15/h7-10,15,17-19H,2-6,11-13H2,1H3. The maximum absolute atomic E-state index is 10.0. The highest BCUT2D eigenvalue weighted by atomic mass is 16.3. The number of aryl methyl sites for hydroxylation is 1. The number of rotatable bonds is 7. The molecule has 0 amide bonds. The molecule has 1 aliphatic rings. The minimum Gasteiger partial charge on any atom is -0.392 e. The topological polar surface area (TPSA) is 32.3 Å². The van der Waals surface area contributed by atoms with E-state index in [1.54, 1.807) is 0 Å². The second-order valence-corrected chi connectivity index (χ2v) is 5.84. The van der Waals surface area contributed by atoms with Crippen LogP contribution in [0.3, 0.4) is 0 Å². The molecule has 1 aromatic carbocycles. The molecular formula is C17H27NO. The number of hydrogen-bond donors (Lipinski definition) is 2. The van der Waals surface area contributed by atoms with E-state index in [1.807, 2.05) is 0 Å². The predicted octanol–water partition coefficient (Wildman–Crippen LogP) is 3.28. The molecule has 2 N–H and O–H groups in total. The van der Waals surface area contributed by atoms with Gasteiger partial charge in [-0.1, -0.05) is 56.9 Å². The van der Waals surface area contributed by atoms with E-state index >= 15 is 0 Å². The third kappa shape index (κ3) is 4.96. The van der Waals surface area contributed by atoms with Crippen LogP contribution in [-0.2, 0) is 13.0 Å². The molecule has 1 atom stereocenters. The fourth-order valence-corrected chi connectivity index (χ4v) is 2.99. The first-order valence-electron chi connectivity index (χ1n) is 7.74. The molecule has 2 heteroatoms. The molecule has 0 aromatic heterocycles. The average Bonchev–Trinajstić information content (AvgIpc) is 2.92. The Morgan fingerprint density at radius 3 is 2.42 bits per heavy atom. The maximum Gasteiger partial charge on any atom is 0.0667 e. The fraction of sp³-hybridized carbons (Fsp3) is 0.647. The van der Waals surface area contributed by atoms with Gasteiger partial charge >= 0.3 is 0 Å². The zero-order valence-corrected chi connectivity index (χ0v) is 12.1. The number of hydrogen-bond acceptors (Lipinski definition) is 2. The molecule has 0 saturated heterocycles. The van der Waals surface area contributed by atoms with Crippen molar-refractivity contribution in [2.24, 2.45) is 5.92 Å². The van der Waals surface area contributed by atoms with Gasteiger partial charge in [-0.05, 0) is 29.9 Å². The highest BCUT2D eigenvalue weighted by Gasteiger charge is 2.18. The van der Waals surface area contributed by atoms with Gasteiger partial charge in [0.1, 0.15) is 0 Å². The Kier molecular flexibility index (Phi) is 5.87. The largest absolute Gasteiger partial charge is 0.392 e. The molecule has 0 aliphatic heterocycles. The first-order valence-corrected chi connectivity index (χ1v) is 7.74. The van der Waals surface area contributed by atoms with Crippen LogP contribution in [0, 0.1) is 5.92 Å². The predicted molar refractivity (Wildman–Crippen MR) is 80.1 cm³/mol. The van der Waals surface area contributed by atoms with Crippen LogP contribution in [0.5, 0.6) is 0 Å². The van der Waals surface area contributed by atoms with Crippen LogP contribution in [0.4, 0.5) is 0 Å². The number of benzene rings is 1. The molecule has 1 unspecified atom stereocenters. The summed E-state index contributed by atoms with van der Waals surface area (Å²) < 4.78 is 0. The molecule has 1 aliphatic carbocycles. The summed E-state index contributed by atoms with van der Waals surface area (Å²) >= 11 is 0. The van der Waals surface area contributed by atoms with Gasteiger partial charge in [0.05, 0.1) is 6.10 Å². The molecule has 1 saturated carbocycles. The van der Waals surface area contributed by atoms with Crippen molar-refractivity contribution in [2.45, 2.75) is 58.1 Å². The van der Waals surface area contributed by atoms with Gasteiger partial charge in [0.15, 0.2) is 0 Å². The lowest BCUT2D eigenvalue weighted by Gasteiger charge is -2.16. The van der Waals surface area contributed by atoms with E-state index in [9.17, 15) is 5.11 Å². The summed E-state index contributed by atoms with van der Waals surface area (Å²) in [7, 11) is 0. The van der Waals surface area contributed by atoms with Gasteiger partial charge < -0.3 is 10.4 Å². The molecule has 19 heavy (non-hydrogen) atoms. The number of aliphatic hydroxyl groups is 1. The van der Waals surface area contributed by atoms with E-state index < -0.39 is 0 Å². The van der Waals surface area contributed by atoms with Crippen molar-refractivity contribution in [2.75, 3.05) is 6.54 Å². The Hall–Kier alpha value is -0.860. The van der Waals surface area contributed by atoms with Crippen molar-refractivity contribution in [3.05, 3.63) is 35.4 Å². The van der Waals surface area contributed by atoms with Gasteiger partial charge in [0.25, 0.3) is 0 Å². The Bertz CT molecular complexity index is 354. The molecule has 1 aromatic rings. The normalized spacial score (nSPS) is 17.8. The van der Waals surface area contributed by atoms with Crippen LogP contribution in [-0.4, -0.2) is 17.8 Å². The highest BCUT2D eigenvalue weighted by Crippen LogP contribution is 2.28. The van der Waals surface area contributed by atoms with E-state index in [0.29, 0.717) is 6.54 Å².